The van der Waals surface area contributed by atoms with Crippen molar-refractivity contribution in [2.75, 3.05) is 0 Å². The lowest BCUT2D eigenvalue weighted by Crippen LogP contribution is -2.01. The summed E-state index contributed by atoms with van der Waals surface area (Å²) >= 11 is 3.74. The third-order valence-corrected chi connectivity index (χ3v) is 15.1. The maximum absolute atomic E-state index is 5.26. The molecule has 0 unspecified atom stereocenters. The second-order valence-electron chi connectivity index (χ2n) is 16.3. The van der Waals surface area contributed by atoms with Gasteiger partial charge in [-0.3, -0.25) is 0 Å². The Morgan fingerprint density at radius 2 is 0.781 bits per heavy atom. The number of thiophene rings is 2. The first-order valence-electron chi connectivity index (χ1n) is 21.5. The van der Waals surface area contributed by atoms with Crippen LogP contribution in [0.3, 0.4) is 0 Å². The summed E-state index contributed by atoms with van der Waals surface area (Å²) < 4.78 is 10.0. The fraction of sp³-hybridized carbons (Fsp3) is 0. The van der Waals surface area contributed by atoms with Crippen molar-refractivity contribution in [1.29, 1.82) is 0 Å². The highest BCUT2D eigenvalue weighted by molar-refractivity contribution is 7.27. The Balaban J connectivity index is 1.16. The number of hydrogen-bond donors (Lipinski definition) is 0. The molecule has 0 saturated carbocycles. The van der Waals surface area contributed by atoms with Gasteiger partial charge in [0.25, 0.3) is 0 Å². The van der Waals surface area contributed by atoms with E-state index in [0.717, 1.165) is 39.0 Å². The minimum Gasteiger partial charge on any atom is -0.308 e. The van der Waals surface area contributed by atoms with Crippen molar-refractivity contribution >= 4 is 107 Å². The average Bonchev–Trinajstić information content (AvgIpc) is 4.13. The number of hydrogen-bond acceptors (Lipinski definition) is 5. The molecular formula is C57H33N5S2. The highest BCUT2D eigenvalue weighted by Gasteiger charge is 2.28. The van der Waals surface area contributed by atoms with E-state index in [-0.39, 0.29) is 0 Å². The van der Waals surface area contributed by atoms with Gasteiger partial charge in [0.2, 0.25) is 0 Å². The first-order valence-corrected chi connectivity index (χ1v) is 23.1. The highest BCUT2D eigenvalue weighted by Crippen LogP contribution is 2.52. The molecule has 5 heterocycles. The van der Waals surface area contributed by atoms with Crippen molar-refractivity contribution in [3.63, 3.8) is 0 Å². The summed E-state index contributed by atoms with van der Waals surface area (Å²) in [5.41, 5.74) is 9.95. The van der Waals surface area contributed by atoms with Crippen LogP contribution >= 0.6 is 22.7 Å². The van der Waals surface area contributed by atoms with Crippen molar-refractivity contribution in [2.45, 2.75) is 0 Å². The molecule has 0 atom stereocenters. The molecule has 5 aromatic heterocycles. The van der Waals surface area contributed by atoms with Crippen molar-refractivity contribution in [2.24, 2.45) is 0 Å². The van der Waals surface area contributed by atoms with Crippen LogP contribution in [0.4, 0.5) is 0 Å². The van der Waals surface area contributed by atoms with E-state index in [1.54, 1.807) is 0 Å². The maximum Gasteiger partial charge on any atom is 0.164 e. The van der Waals surface area contributed by atoms with E-state index in [0.29, 0.717) is 17.5 Å². The third kappa shape index (κ3) is 5.07. The van der Waals surface area contributed by atoms with Gasteiger partial charge >= 0.3 is 0 Å². The maximum atomic E-state index is 5.26. The first kappa shape index (κ1) is 35.6. The quantitative estimate of drug-likeness (QED) is 0.173. The lowest BCUT2D eigenvalue weighted by atomic mass is 10.0. The number of nitrogens with zero attached hydrogens (tertiary/aromatic N) is 5. The molecule has 298 valence electrons. The van der Waals surface area contributed by atoms with Gasteiger partial charge in [-0.2, -0.15) is 0 Å². The molecule has 0 aliphatic heterocycles. The first-order chi connectivity index (χ1) is 31.8. The van der Waals surface area contributed by atoms with Crippen LogP contribution in [0.25, 0.3) is 129 Å². The van der Waals surface area contributed by atoms with Crippen molar-refractivity contribution in [1.82, 2.24) is 24.1 Å². The molecule has 64 heavy (non-hydrogen) atoms. The molecule has 0 N–H and O–H groups in total. The Bertz CT molecular complexity index is 4120. The predicted octanol–water partition coefficient (Wildman–Crippen LogP) is 15.8. The Morgan fingerprint density at radius 1 is 0.328 bits per heavy atom. The predicted molar refractivity (Wildman–Crippen MR) is 271 cm³/mol. The van der Waals surface area contributed by atoms with E-state index in [2.05, 4.69) is 173 Å². The zero-order valence-corrected chi connectivity index (χ0v) is 35.7. The van der Waals surface area contributed by atoms with Crippen molar-refractivity contribution in [3.05, 3.63) is 200 Å². The minimum atomic E-state index is 0.646. The normalized spacial score (nSPS) is 12.1. The second kappa shape index (κ2) is 13.8. The van der Waals surface area contributed by atoms with Crippen molar-refractivity contribution in [3.8, 4) is 45.5 Å². The molecule has 0 fully saturated rings. The van der Waals surface area contributed by atoms with Crippen LogP contribution in [0, 0.1) is 0 Å². The van der Waals surface area contributed by atoms with Gasteiger partial charge in [-0.05, 0) is 48.5 Å². The highest BCUT2D eigenvalue weighted by atomic mass is 32.1. The van der Waals surface area contributed by atoms with Crippen LogP contribution in [0.2, 0.25) is 0 Å². The molecule has 0 spiro atoms. The third-order valence-electron chi connectivity index (χ3n) is 12.7. The average molecular weight is 852 g/mol. The van der Waals surface area contributed by atoms with Crippen molar-refractivity contribution < 1.29 is 0 Å². The smallest absolute Gasteiger partial charge is 0.164 e. The summed E-state index contributed by atoms with van der Waals surface area (Å²) in [5, 5.41) is 9.90. The van der Waals surface area contributed by atoms with Crippen LogP contribution in [0.5, 0.6) is 0 Å². The fourth-order valence-corrected chi connectivity index (χ4v) is 12.6. The Labute approximate surface area is 374 Å². The molecule has 0 bridgehead atoms. The van der Waals surface area contributed by atoms with E-state index in [4.69, 9.17) is 15.0 Å². The van der Waals surface area contributed by atoms with Gasteiger partial charge in [0, 0.05) is 79.6 Å². The Kier molecular flexibility index (Phi) is 7.66. The van der Waals surface area contributed by atoms with Crippen LogP contribution in [-0.2, 0) is 0 Å². The molecule has 9 aromatic carbocycles. The molecule has 14 rings (SSSR count). The molecule has 0 amide bonds. The molecular weight excluding hydrogens is 819 g/mol. The van der Waals surface area contributed by atoms with Gasteiger partial charge in [0.1, 0.15) is 0 Å². The fourth-order valence-electron chi connectivity index (χ4n) is 10.1. The Morgan fingerprint density at radius 3 is 1.42 bits per heavy atom. The van der Waals surface area contributed by atoms with E-state index in [1.165, 1.54) is 73.1 Å². The van der Waals surface area contributed by atoms with E-state index in [1.807, 2.05) is 59.1 Å². The molecule has 0 saturated heterocycles. The van der Waals surface area contributed by atoms with E-state index >= 15 is 0 Å². The Hall–Kier alpha value is -7.97. The molecule has 14 aromatic rings. The molecule has 7 heteroatoms. The zero-order valence-electron chi connectivity index (χ0n) is 34.1. The van der Waals surface area contributed by atoms with Crippen LogP contribution in [0.15, 0.2) is 200 Å². The van der Waals surface area contributed by atoms with Gasteiger partial charge in [-0.15, -0.1) is 22.7 Å². The van der Waals surface area contributed by atoms with E-state index < -0.39 is 0 Å². The summed E-state index contributed by atoms with van der Waals surface area (Å²) in [6, 6.07) is 71.5. The number of fused-ring (bicyclic) bond motifs is 15. The number of benzene rings is 9. The molecule has 5 nitrogen and oxygen atoms in total. The largest absolute Gasteiger partial charge is 0.308 e. The number of para-hydroxylation sites is 3. The summed E-state index contributed by atoms with van der Waals surface area (Å²) in [6.07, 6.45) is 0. The lowest BCUT2D eigenvalue weighted by Gasteiger charge is -2.14. The summed E-state index contributed by atoms with van der Waals surface area (Å²) in [4.78, 5) is 15.6. The van der Waals surface area contributed by atoms with Gasteiger partial charge < -0.3 is 9.13 Å². The van der Waals surface area contributed by atoms with Gasteiger partial charge in [-0.25, -0.2) is 15.0 Å². The summed E-state index contributed by atoms with van der Waals surface area (Å²) in [7, 11) is 0. The topological polar surface area (TPSA) is 48.5 Å². The van der Waals surface area contributed by atoms with E-state index in [9.17, 15) is 0 Å². The van der Waals surface area contributed by atoms with Gasteiger partial charge in [0.15, 0.2) is 17.5 Å². The SMILES string of the molecule is c1ccc(-c2nc(-c3ccccc3)nc(-c3ccc(-n4c5ccccc5c5c6c(c7ccccc7n6-c6ccccc6)c6sc7ccccc7c6c54)c4sc5ccccc5c34)n2)cc1. The molecule has 0 aliphatic rings. The summed E-state index contributed by atoms with van der Waals surface area (Å²) in [6.45, 7) is 0. The van der Waals surface area contributed by atoms with Crippen LogP contribution < -0.4 is 0 Å². The minimum absolute atomic E-state index is 0.646. The van der Waals surface area contributed by atoms with Gasteiger partial charge in [-0.1, -0.05) is 152 Å². The zero-order chi connectivity index (χ0) is 41.9. The van der Waals surface area contributed by atoms with Crippen LogP contribution in [0.1, 0.15) is 0 Å². The lowest BCUT2D eigenvalue weighted by molar-refractivity contribution is 1.08. The molecule has 0 radical (unpaired) electrons. The van der Waals surface area contributed by atoms with Crippen LogP contribution in [-0.4, -0.2) is 24.1 Å². The van der Waals surface area contributed by atoms with Gasteiger partial charge in [0.05, 0.1) is 32.5 Å². The standard InChI is InChI=1S/C57H33N5S2/c1-4-18-34(19-5-1)55-58-56(35-20-6-2-7-21-35)60-57(59-55)41-32-33-44(53-47(41)39-26-12-16-30-45(39)63-53)62-43-29-15-10-24-37(43)48-51-49(54-50(52(48)62)40-27-13-17-31-46(40)64-54)38-25-11-14-28-42(38)61(51)36-22-8-3-9-23-36/h1-33H. The number of rotatable bonds is 5. The molecule has 0 aliphatic carbocycles. The monoisotopic (exact) mass is 851 g/mol. The number of aromatic nitrogens is 5. The second-order valence-corrected chi connectivity index (χ2v) is 18.4. The summed E-state index contributed by atoms with van der Waals surface area (Å²) in [5.74, 6) is 1.94.